The molecule has 2 aromatic carbocycles. The van der Waals surface area contributed by atoms with Gasteiger partial charge in [0.05, 0.1) is 11.4 Å². The van der Waals surface area contributed by atoms with E-state index < -0.39 is 28.4 Å². The molecule has 9 heteroatoms. The number of hydrogen-bond donors (Lipinski definition) is 2. The number of carbonyl (C=O) groups is 2. The monoisotopic (exact) mass is 433 g/mol. The van der Waals surface area contributed by atoms with E-state index in [4.69, 9.17) is 4.74 Å². The first-order chi connectivity index (χ1) is 14.0. The van der Waals surface area contributed by atoms with Crippen molar-refractivity contribution in [3.8, 4) is 5.75 Å². The average Bonchev–Trinajstić information content (AvgIpc) is 2.69. The van der Waals surface area contributed by atoms with Crippen LogP contribution in [0.1, 0.15) is 22.3 Å². The average molecular weight is 434 g/mol. The molecule has 0 aliphatic rings. The summed E-state index contributed by atoms with van der Waals surface area (Å²) in [6.07, 6.45) is 0. The van der Waals surface area contributed by atoms with Crippen LogP contribution in [0.2, 0.25) is 0 Å². The van der Waals surface area contributed by atoms with E-state index >= 15 is 0 Å². The van der Waals surface area contributed by atoms with Crippen molar-refractivity contribution in [2.75, 3.05) is 20.2 Å². The van der Waals surface area contributed by atoms with Crippen LogP contribution in [0.4, 0.5) is 0 Å². The van der Waals surface area contributed by atoms with Crippen LogP contribution in [0.15, 0.2) is 41.3 Å². The molecule has 0 atom stereocenters. The SMILES string of the molecule is Cc1ccc(OCC(=O)NNC(=O)CN(C)S(=O)(=O)c2ccc(C)c(C)c2)cc1C. The normalized spacial score (nSPS) is 11.3. The van der Waals surface area contributed by atoms with Gasteiger partial charge in [0, 0.05) is 7.05 Å². The van der Waals surface area contributed by atoms with Crippen LogP contribution in [0.3, 0.4) is 0 Å². The molecule has 0 saturated heterocycles. The first-order valence-electron chi connectivity index (χ1n) is 9.32. The Balaban J connectivity index is 1.84. The molecule has 0 bridgehead atoms. The molecule has 2 amide bonds. The van der Waals surface area contributed by atoms with Crippen molar-refractivity contribution in [1.82, 2.24) is 15.2 Å². The lowest BCUT2D eigenvalue weighted by Gasteiger charge is -2.18. The zero-order valence-corrected chi connectivity index (χ0v) is 18.6. The van der Waals surface area contributed by atoms with Crippen molar-refractivity contribution >= 4 is 21.8 Å². The van der Waals surface area contributed by atoms with Gasteiger partial charge < -0.3 is 4.74 Å². The van der Waals surface area contributed by atoms with Crippen molar-refractivity contribution in [2.24, 2.45) is 0 Å². The number of nitrogens with zero attached hydrogens (tertiary/aromatic N) is 1. The lowest BCUT2D eigenvalue weighted by atomic mass is 10.1. The van der Waals surface area contributed by atoms with Gasteiger partial charge in [-0.1, -0.05) is 12.1 Å². The Bertz CT molecular complexity index is 1050. The lowest BCUT2D eigenvalue weighted by molar-refractivity contribution is -0.130. The number of likely N-dealkylation sites (N-methyl/N-ethyl adjacent to an activating group) is 1. The summed E-state index contributed by atoms with van der Waals surface area (Å²) in [6.45, 7) is 6.86. The Hall–Kier alpha value is -2.91. The van der Waals surface area contributed by atoms with Gasteiger partial charge in [0.1, 0.15) is 5.75 Å². The van der Waals surface area contributed by atoms with Crippen LogP contribution in [0, 0.1) is 27.7 Å². The third-order valence-electron chi connectivity index (χ3n) is 4.74. The number of rotatable bonds is 7. The summed E-state index contributed by atoms with van der Waals surface area (Å²) in [4.78, 5) is 24.0. The van der Waals surface area contributed by atoms with Crippen LogP contribution in [-0.2, 0) is 19.6 Å². The number of hydrogen-bond acceptors (Lipinski definition) is 5. The Morgan fingerprint density at radius 1 is 0.867 bits per heavy atom. The Morgan fingerprint density at radius 2 is 1.43 bits per heavy atom. The van der Waals surface area contributed by atoms with E-state index in [-0.39, 0.29) is 11.5 Å². The fourth-order valence-corrected chi connectivity index (χ4v) is 3.72. The lowest BCUT2D eigenvalue weighted by Crippen LogP contribution is -2.48. The molecule has 8 nitrogen and oxygen atoms in total. The zero-order valence-electron chi connectivity index (χ0n) is 17.8. The highest BCUT2D eigenvalue weighted by atomic mass is 32.2. The van der Waals surface area contributed by atoms with Crippen molar-refractivity contribution in [3.63, 3.8) is 0 Å². The quantitative estimate of drug-likeness (QED) is 0.648. The fourth-order valence-electron chi connectivity index (χ4n) is 2.51. The zero-order chi connectivity index (χ0) is 22.5. The maximum absolute atomic E-state index is 12.6. The smallest absolute Gasteiger partial charge is 0.276 e. The molecule has 0 radical (unpaired) electrons. The van der Waals surface area contributed by atoms with Crippen LogP contribution >= 0.6 is 0 Å². The van der Waals surface area contributed by atoms with Gasteiger partial charge in [0.25, 0.3) is 11.8 Å². The summed E-state index contributed by atoms with van der Waals surface area (Å²) < 4.78 is 31.5. The predicted molar refractivity (Wildman–Crippen MR) is 113 cm³/mol. The molecule has 162 valence electrons. The molecule has 2 N–H and O–H groups in total. The van der Waals surface area contributed by atoms with E-state index in [1.807, 2.05) is 39.8 Å². The highest BCUT2D eigenvalue weighted by molar-refractivity contribution is 7.89. The van der Waals surface area contributed by atoms with E-state index in [1.165, 1.54) is 13.1 Å². The van der Waals surface area contributed by atoms with Gasteiger partial charge in [-0.2, -0.15) is 4.31 Å². The second-order valence-corrected chi connectivity index (χ2v) is 9.18. The maximum atomic E-state index is 12.6. The van der Waals surface area contributed by atoms with Gasteiger partial charge in [-0.15, -0.1) is 0 Å². The minimum absolute atomic E-state index is 0.103. The third-order valence-corrected chi connectivity index (χ3v) is 6.54. The van der Waals surface area contributed by atoms with Gasteiger partial charge in [0.2, 0.25) is 10.0 Å². The predicted octanol–water partition coefficient (Wildman–Crippen LogP) is 1.77. The number of amides is 2. The first-order valence-corrected chi connectivity index (χ1v) is 10.8. The summed E-state index contributed by atoms with van der Waals surface area (Å²) in [6, 6.07) is 10.2. The van der Waals surface area contributed by atoms with Gasteiger partial charge in [-0.3, -0.25) is 20.4 Å². The van der Waals surface area contributed by atoms with E-state index in [2.05, 4.69) is 10.9 Å². The van der Waals surface area contributed by atoms with Crippen molar-refractivity contribution < 1.29 is 22.7 Å². The third kappa shape index (κ3) is 6.04. The number of sulfonamides is 1. The second-order valence-electron chi connectivity index (χ2n) is 7.14. The maximum Gasteiger partial charge on any atom is 0.276 e. The topological polar surface area (TPSA) is 105 Å². The van der Waals surface area contributed by atoms with Gasteiger partial charge in [0.15, 0.2) is 6.61 Å². The second kappa shape index (κ2) is 9.73. The molecule has 2 aromatic rings. The molecule has 0 aliphatic heterocycles. The molecular formula is C21H27N3O5S. The highest BCUT2D eigenvalue weighted by Gasteiger charge is 2.23. The van der Waals surface area contributed by atoms with Crippen LogP contribution in [0.5, 0.6) is 5.75 Å². The van der Waals surface area contributed by atoms with E-state index in [1.54, 1.807) is 18.2 Å². The summed E-state index contributed by atoms with van der Waals surface area (Å²) in [7, 11) is -2.53. The molecule has 0 saturated carbocycles. The first kappa shape index (κ1) is 23.4. The van der Waals surface area contributed by atoms with E-state index in [0.29, 0.717) is 5.75 Å². The molecule has 30 heavy (non-hydrogen) atoms. The number of nitrogens with one attached hydrogen (secondary N) is 2. The van der Waals surface area contributed by atoms with Gasteiger partial charge in [-0.05, 0) is 74.2 Å². The van der Waals surface area contributed by atoms with Gasteiger partial charge >= 0.3 is 0 Å². The van der Waals surface area contributed by atoms with Crippen LogP contribution < -0.4 is 15.6 Å². The summed E-state index contributed by atoms with van der Waals surface area (Å²) >= 11 is 0. The van der Waals surface area contributed by atoms with Gasteiger partial charge in [-0.25, -0.2) is 8.42 Å². The molecule has 2 rings (SSSR count). The summed E-state index contributed by atoms with van der Waals surface area (Å²) in [5.74, 6) is -0.704. The minimum Gasteiger partial charge on any atom is -0.484 e. The number of benzene rings is 2. The Labute approximate surface area is 177 Å². The molecule has 0 spiro atoms. The van der Waals surface area contributed by atoms with Crippen LogP contribution in [0.25, 0.3) is 0 Å². The summed E-state index contributed by atoms with van der Waals surface area (Å²) in [5.41, 5.74) is 8.35. The molecule has 0 aromatic heterocycles. The number of ether oxygens (including phenoxy) is 1. The van der Waals surface area contributed by atoms with Crippen molar-refractivity contribution in [2.45, 2.75) is 32.6 Å². The Kier molecular flexibility index (Phi) is 7.58. The molecule has 0 heterocycles. The summed E-state index contributed by atoms with van der Waals surface area (Å²) in [5, 5.41) is 0. The Morgan fingerprint density at radius 3 is 2.03 bits per heavy atom. The largest absolute Gasteiger partial charge is 0.484 e. The highest BCUT2D eigenvalue weighted by Crippen LogP contribution is 2.18. The molecular weight excluding hydrogens is 406 g/mol. The van der Waals surface area contributed by atoms with E-state index in [0.717, 1.165) is 26.6 Å². The number of hydrazine groups is 1. The molecule has 0 fully saturated rings. The van der Waals surface area contributed by atoms with Crippen molar-refractivity contribution in [3.05, 3.63) is 58.7 Å². The van der Waals surface area contributed by atoms with Crippen molar-refractivity contribution in [1.29, 1.82) is 0 Å². The van der Waals surface area contributed by atoms with Crippen LogP contribution in [-0.4, -0.2) is 44.7 Å². The van der Waals surface area contributed by atoms with E-state index in [9.17, 15) is 18.0 Å². The standard InChI is InChI=1S/C21H27N3O5S/c1-14-6-8-18(10-16(14)3)29-13-21(26)23-22-20(25)12-24(5)30(27,28)19-9-7-15(2)17(4)11-19/h6-11H,12-13H2,1-5H3,(H,22,25)(H,23,26). The molecule has 0 aliphatic carbocycles. The minimum atomic E-state index is -3.83. The number of carbonyl (C=O) groups excluding carboxylic acids is 2. The molecule has 0 unspecified atom stereocenters. The fraction of sp³-hybridized carbons (Fsp3) is 0.333. The number of aryl methyl sites for hydroxylation is 4.